The van der Waals surface area contributed by atoms with Gasteiger partial charge in [-0.2, -0.15) is 0 Å². The topological polar surface area (TPSA) is 55.8 Å². The van der Waals surface area contributed by atoms with E-state index in [1.807, 2.05) is 0 Å². The average Bonchev–Trinajstić information content (AvgIpc) is 2.68. The van der Waals surface area contributed by atoms with Crippen molar-refractivity contribution in [2.24, 2.45) is 0 Å². The van der Waals surface area contributed by atoms with Crippen LogP contribution in [0, 0.1) is 0 Å². The van der Waals surface area contributed by atoms with Crippen LogP contribution in [0.4, 0.5) is 0 Å². The summed E-state index contributed by atoms with van der Waals surface area (Å²) in [6.07, 6.45) is 23.1. The highest BCUT2D eigenvalue weighted by Gasteiger charge is 2.17. The molecule has 0 aromatic rings. The Balaban J connectivity index is 3.15. The van der Waals surface area contributed by atoms with Crippen molar-refractivity contribution in [2.45, 2.75) is 136 Å². The highest BCUT2D eigenvalue weighted by molar-refractivity contribution is 5.70. The summed E-state index contributed by atoms with van der Waals surface area (Å²) in [6, 6.07) is 0. The molecule has 0 aromatic carbocycles. The Morgan fingerprint density at radius 1 is 0.607 bits per heavy atom. The van der Waals surface area contributed by atoms with Crippen LogP contribution in [0.5, 0.6) is 0 Å². The molecule has 1 atom stereocenters. The zero-order valence-corrected chi connectivity index (χ0v) is 18.9. The third-order valence-electron chi connectivity index (χ3n) is 5.29. The number of aliphatic carboxylic acids is 1. The van der Waals surface area contributed by atoms with E-state index in [4.69, 9.17) is 14.6 Å². The molecule has 0 saturated carbocycles. The molecule has 4 nitrogen and oxygen atoms in total. The second-order valence-electron chi connectivity index (χ2n) is 8.01. The standard InChI is InChI=1S/C24H48O4/c1-3-5-6-7-8-9-10-11-12-13-14-15-16-17-18-19-20-21-22-28-24(23(25)26)27-4-2/h24H,3-22H2,1-2H3,(H,25,26). The smallest absolute Gasteiger partial charge is 0.361 e. The molecule has 0 bridgehead atoms. The predicted octanol–water partition coefficient (Wildman–Crippen LogP) is 7.49. The number of carboxylic acid groups (broad SMARTS) is 1. The normalized spacial score (nSPS) is 12.4. The maximum atomic E-state index is 10.9. The van der Waals surface area contributed by atoms with E-state index in [-0.39, 0.29) is 0 Å². The molecular weight excluding hydrogens is 352 g/mol. The molecule has 0 aliphatic rings. The molecule has 0 aromatic heterocycles. The number of unbranched alkanes of at least 4 members (excludes halogenated alkanes) is 17. The summed E-state index contributed by atoms with van der Waals surface area (Å²) < 4.78 is 10.3. The van der Waals surface area contributed by atoms with Crippen LogP contribution >= 0.6 is 0 Å². The molecule has 28 heavy (non-hydrogen) atoms. The van der Waals surface area contributed by atoms with Gasteiger partial charge in [0, 0.05) is 6.61 Å². The van der Waals surface area contributed by atoms with Crippen LogP contribution < -0.4 is 0 Å². The first kappa shape index (κ1) is 27.4. The molecule has 1 N–H and O–H groups in total. The third-order valence-corrected chi connectivity index (χ3v) is 5.29. The van der Waals surface area contributed by atoms with Crippen LogP contribution in [0.15, 0.2) is 0 Å². The molecule has 0 aliphatic heterocycles. The Morgan fingerprint density at radius 3 is 1.29 bits per heavy atom. The number of ether oxygens (including phenoxy) is 2. The number of hydrogen-bond acceptors (Lipinski definition) is 3. The lowest BCUT2D eigenvalue weighted by atomic mass is 10.0. The fraction of sp³-hybridized carbons (Fsp3) is 0.958. The number of hydrogen-bond donors (Lipinski definition) is 1. The Morgan fingerprint density at radius 2 is 0.964 bits per heavy atom. The average molecular weight is 401 g/mol. The fourth-order valence-corrected chi connectivity index (χ4v) is 3.54. The Kier molecular flexibility index (Phi) is 22.2. The zero-order valence-electron chi connectivity index (χ0n) is 18.9. The van der Waals surface area contributed by atoms with Gasteiger partial charge in [0.15, 0.2) is 0 Å². The predicted molar refractivity (Wildman–Crippen MR) is 118 cm³/mol. The van der Waals surface area contributed by atoms with E-state index in [9.17, 15) is 4.79 Å². The van der Waals surface area contributed by atoms with Gasteiger partial charge >= 0.3 is 5.97 Å². The second-order valence-corrected chi connectivity index (χ2v) is 8.01. The van der Waals surface area contributed by atoms with E-state index in [1.54, 1.807) is 6.92 Å². The van der Waals surface area contributed by atoms with Crippen molar-refractivity contribution in [3.63, 3.8) is 0 Å². The van der Waals surface area contributed by atoms with Gasteiger partial charge in [0.05, 0.1) is 6.61 Å². The van der Waals surface area contributed by atoms with Crippen LogP contribution in [-0.2, 0) is 14.3 Å². The maximum Gasteiger partial charge on any atom is 0.361 e. The SMILES string of the molecule is CCCCCCCCCCCCCCCCCCCCOC(OCC)C(=O)O. The van der Waals surface area contributed by atoms with Crippen molar-refractivity contribution in [2.75, 3.05) is 13.2 Å². The van der Waals surface area contributed by atoms with E-state index in [0.717, 1.165) is 12.8 Å². The van der Waals surface area contributed by atoms with Crippen molar-refractivity contribution >= 4 is 5.97 Å². The van der Waals surface area contributed by atoms with Crippen LogP contribution in [0.2, 0.25) is 0 Å². The molecule has 168 valence electrons. The lowest BCUT2D eigenvalue weighted by Gasteiger charge is -2.12. The lowest BCUT2D eigenvalue weighted by molar-refractivity contribution is -0.188. The zero-order chi connectivity index (χ0) is 20.7. The highest BCUT2D eigenvalue weighted by Crippen LogP contribution is 2.14. The first-order valence-corrected chi connectivity index (χ1v) is 12.2. The molecule has 0 radical (unpaired) electrons. The van der Waals surface area contributed by atoms with Crippen LogP contribution in [0.1, 0.15) is 129 Å². The molecule has 0 fully saturated rings. The van der Waals surface area contributed by atoms with Gasteiger partial charge in [-0.15, -0.1) is 0 Å². The van der Waals surface area contributed by atoms with E-state index < -0.39 is 12.3 Å². The Bertz CT molecular complexity index is 320. The minimum Gasteiger partial charge on any atom is -0.477 e. The van der Waals surface area contributed by atoms with Crippen LogP contribution in [0.25, 0.3) is 0 Å². The first-order valence-electron chi connectivity index (χ1n) is 12.2. The molecule has 1 unspecified atom stereocenters. The summed E-state index contributed by atoms with van der Waals surface area (Å²) in [6.45, 7) is 4.88. The highest BCUT2D eigenvalue weighted by atomic mass is 16.7. The van der Waals surface area contributed by atoms with E-state index in [1.165, 1.54) is 103 Å². The monoisotopic (exact) mass is 400 g/mol. The fourth-order valence-electron chi connectivity index (χ4n) is 3.54. The van der Waals surface area contributed by atoms with Crippen LogP contribution in [0.3, 0.4) is 0 Å². The lowest BCUT2D eigenvalue weighted by Crippen LogP contribution is -2.27. The number of carbonyl (C=O) groups is 1. The van der Waals surface area contributed by atoms with Crippen molar-refractivity contribution < 1.29 is 19.4 Å². The van der Waals surface area contributed by atoms with Gasteiger partial charge in [-0.1, -0.05) is 116 Å². The molecule has 0 amide bonds. The summed E-state index contributed by atoms with van der Waals surface area (Å²) in [5.74, 6) is -1.04. The van der Waals surface area contributed by atoms with Gasteiger partial charge in [0.1, 0.15) is 0 Å². The molecule has 0 spiro atoms. The van der Waals surface area contributed by atoms with Gasteiger partial charge < -0.3 is 14.6 Å². The number of carboxylic acids is 1. The molecule has 0 saturated heterocycles. The molecule has 0 heterocycles. The quantitative estimate of drug-likeness (QED) is 0.142. The Labute approximate surface area is 174 Å². The van der Waals surface area contributed by atoms with Gasteiger partial charge in [-0.05, 0) is 13.3 Å². The summed E-state index contributed by atoms with van der Waals surface area (Å²) >= 11 is 0. The minimum atomic E-state index is -1.10. The number of rotatable bonds is 23. The largest absolute Gasteiger partial charge is 0.477 e. The van der Waals surface area contributed by atoms with E-state index in [0.29, 0.717) is 13.2 Å². The third kappa shape index (κ3) is 20.1. The van der Waals surface area contributed by atoms with Crippen LogP contribution in [-0.4, -0.2) is 30.6 Å². The summed E-state index contributed by atoms with van der Waals surface area (Å²) in [5.41, 5.74) is 0. The van der Waals surface area contributed by atoms with Crippen molar-refractivity contribution in [3.8, 4) is 0 Å². The summed E-state index contributed by atoms with van der Waals surface area (Å²) in [4.78, 5) is 10.9. The summed E-state index contributed by atoms with van der Waals surface area (Å²) in [7, 11) is 0. The van der Waals surface area contributed by atoms with Gasteiger partial charge in [0.25, 0.3) is 6.29 Å². The van der Waals surface area contributed by atoms with Gasteiger partial charge in [-0.3, -0.25) is 0 Å². The van der Waals surface area contributed by atoms with Crippen molar-refractivity contribution in [1.82, 2.24) is 0 Å². The second kappa shape index (κ2) is 22.7. The van der Waals surface area contributed by atoms with Gasteiger partial charge in [-0.25, -0.2) is 4.79 Å². The van der Waals surface area contributed by atoms with Crippen molar-refractivity contribution in [1.29, 1.82) is 0 Å². The maximum absolute atomic E-state index is 10.9. The Hall–Kier alpha value is -0.610. The molecular formula is C24H48O4. The molecule has 0 aliphatic carbocycles. The van der Waals surface area contributed by atoms with E-state index >= 15 is 0 Å². The van der Waals surface area contributed by atoms with Gasteiger partial charge in [0.2, 0.25) is 0 Å². The van der Waals surface area contributed by atoms with E-state index in [2.05, 4.69) is 6.92 Å². The van der Waals surface area contributed by atoms with Crippen molar-refractivity contribution in [3.05, 3.63) is 0 Å². The summed E-state index contributed by atoms with van der Waals surface area (Å²) in [5, 5.41) is 8.91. The molecule has 0 rings (SSSR count). The molecule has 4 heteroatoms. The minimum absolute atomic E-state index is 0.357. The first-order chi connectivity index (χ1) is 13.7.